The Bertz CT molecular complexity index is 421. The standard InChI is InChI=1S/C14H21N3/c1-11(2)17-10-13-8-6-5-7-12(13)9-15-14(17)16(3)4/h5-8,11H,9-10H2,1-4H3. The van der Waals surface area contributed by atoms with Crippen molar-refractivity contribution in [2.75, 3.05) is 14.1 Å². The molecule has 92 valence electrons. The molecule has 0 N–H and O–H groups in total. The second kappa shape index (κ2) is 4.78. The maximum absolute atomic E-state index is 4.74. The van der Waals surface area contributed by atoms with Crippen LogP contribution in [0.25, 0.3) is 0 Å². The van der Waals surface area contributed by atoms with E-state index in [4.69, 9.17) is 4.99 Å². The highest BCUT2D eigenvalue weighted by Crippen LogP contribution is 2.19. The van der Waals surface area contributed by atoms with Gasteiger partial charge in [0.25, 0.3) is 0 Å². The highest BCUT2D eigenvalue weighted by molar-refractivity contribution is 5.80. The highest BCUT2D eigenvalue weighted by atomic mass is 15.4. The molecule has 0 unspecified atom stereocenters. The van der Waals surface area contributed by atoms with Gasteiger partial charge in [-0.3, -0.25) is 0 Å². The number of nitrogens with zero attached hydrogens (tertiary/aromatic N) is 3. The van der Waals surface area contributed by atoms with Gasteiger partial charge in [0.15, 0.2) is 5.96 Å². The SMILES string of the molecule is CC(C)N1Cc2ccccc2CN=C1N(C)C. The molecule has 0 spiro atoms. The lowest BCUT2D eigenvalue weighted by Gasteiger charge is -2.32. The van der Waals surface area contributed by atoms with Gasteiger partial charge in [-0.1, -0.05) is 24.3 Å². The van der Waals surface area contributed by atoms with Crippen LogP contribution in [0.5, 0.6) is 0 Å². The fraction of sp³-hybridized carbons (Fsp3) is 0.500. The predicted octanol–water partition coefficient (Wildman–Crippen LogP) is 2.33. The number of hydrogen-bond acceptors (Lipinski definition) is 3. The van der Waals surface area contributed by atoms with Crippen LogP contribution in [-0.2, 0) is 13.1 Å². The molecular formula is C14H21N3. The molecule has 1 aliphatic heterocycles. The second-order valence-corrected chi connectivity index (χ2v) is 5.00. The van der Waals surface area contributed by atoms with Crippen LogP contribution in [0.1, 0.15) is 25.0 Å². The normalized spacial score (nSPS) is 15.4. The summed E-state index contributed by atoms with van der Waals surface area (Å²) >= 11 is 0. The molecule has 0 bridgehead atoms. The molecule has 17 heavy (non-hydrogen) atoms. The Hall–Kier alpha value is -1.51. The summed E-state index contributed by atoms with van der Waals surface area (Å²) in [6, 6.07) is 9.05. The fourth-order valence-corrected chi connectivity index (χ4v) is 2.18. The second-order valence-electron chi connectivity index (χ2n) is 5.00. The molecule has 0 amide bonds. The molecule has 2 rings (SSSR count). The first-order chi connectivity index (χ1) is 8.09. The van der Waals surface area contributed by atoms with Gasteiger partial charge in [0.2, 0.25) is 0 Å². The van der Waals surface area contributed by atoms with Gasteiger partial charge in [-0.2, -0.15) is 0 Å². The fourth-order valence-electron chi connectivity index (χ4n) is 2.18. The molecule has 0 aromatic heterocycles. The van der Waals surface area contributed by atoms with Gasteiger partial charge in [-0.25, -0.2) is 4.99 Å². The third kappa shape index (κ3) is 2.43. The Morgan fingerprint density at radius 1 is 1.18 bits per heavy atom. The van der Waals surface area contributed by atoms with Gasteiger partial charge in [0.1, 0.15) is 0 Å². The lowest BCUT2D eigenvalue weighted by atomic mass is 10.1. The van der Waals surface area contributed by atoms with Crippen LogP contribution in [0, 0.1) is 0 Å². The third-order valence-corrected chi connectivity index (χ3v) is 3.13. The van der Waals surface area contributed by atoms with Crippen molar-refractivity contribution in [3.05, 3.63) is 35.4 Å². The zero-order valence-electron chi connectivity index (χ0n) is 11.1. The Kier molecular flexibility index (Phi) is 3.36. The van der Waals surface area contributed by atoms with E-state index in [1.807, 2.05) is 0 Å². The van der Waals surface area contributed by atoms with Crippen LogP contribution in [0.4, 0.5) is 0 Å². The molecule has 1 aromatic carbocycles. The molecule has 0 radical (unpaired) electrons. The minimum Gasteiger partial charge on any atom is -0.349 e. The van der Waals surface area contributed by atoms with E-state index in [1.54, 1.807) is 0 Å². The Balaban J connectivity index is 2.37. The topological polar surface area (TPSA) is 18.8 Å². The number of fused-ring (bicyclic) bond motifs is 1. The van der Waals surface area contributed by atoms with Crippen molar-refractivity contribution in [3.63, 3.8) is 0 Å². The van der Waals surface area contributed by atoms with Gasteiger partial charge in [0, 0.05) is 26.7 Å². The van der Waals surface area contributed by atoms with Crippen LogP contribution >= 0.6 is 0 Å². The Morgan fingerprint density at radius 3 is 2.41 bits per heavy atom. The van der Waals surface area contributed by atoms with E-state index >= 15 is 0 Å². The van der Waals surface area contributed by atoms with Crippen molar-refractivity contribution in [2.24, 2.45) is 4.99 Å². The van der Waals surface area contributed by atoms with Crippen LogP contribution in [0.2, 0.25) is 0 Å². The van der Waals surface area contributed by atoms with E-state index in [9.17, 15) is 0 Å². The summed E-state index contributed by atoms with van der Waals surface area (Å²) in [5.41, 5.74) is 2.73. The van der Waals surface area contributed by atoms with Crippen molar-refractivity contribution < 1.29 is 0 Å². The predicted molar refractivity (Wildman–Crippen MR) is 71.9 cm³/mol. The van der Waals surface area contributed by atoms with E-state index < -0.39 is 0 Å². The van der Waals surface area contributed by atoms with Crippen LogP contribution in [-0.4, -0.2) is 35.9 Å². The first-order valence-electron chi connectivity index (χ1n) is 6.15. The van der Waals surface area contributed by atoms with Crippen LogP contribution < -0.4 is 0 Å². The van der Waals surface area contributed by atoms with E-state index in [-0.39, 0.29) is 0 Å². The summed E-state index contributed by atoms with van der Waals surface area (Å²) in [6.07, 6.45) is 0. The smallest absolute Gasteiger partial charge is 0.196 e. The van der Waals surface area contributed by atoms with E-state index in [2.05, 4.69) is 62.0 Å². The molecule has 3 nitrogen and oxygen atoms in total. The zero-order chi connectivity index (χ0) is 12.4. The summed E-state index contributed by atoms with van der Waals surface area (Å²) in [5.74, 6) is 1.08. The van der Waals surface area contributed by atoms with Crippen molar-refractivity contribution in [1.82, 2.24) is 9.80 Å². The van der Waals surface area contributed by atoms with Crippen molar-refractivity contribution in [3.8, 4) is 0 Å². The quantitative estimate of drug-likeness (QED) is 0.738. The van der Waals surface area contributed by atoms with E-state index in [0.717, 1.165) is 19.0 Å². The Morgan fingerprint density at radius 2 is 1.82 bits per heavy atom. The molecule has 1 heterocycles. The Labute approximate surface area is 104 Å². The van der Waals surface area contributed by atoms with Crippen molar-refractivity contribution in [1.29, 1.82) is 0 Å². The minimum absolute atomic E-state index is 0.460. The summed E-state index contributed by atoms with van der Waals surface area (Å²) in [6.45, 7) is 6.16. The molecule has 0 atom stereocenters. The molecule has 0 saturated carbocycles. The number of hydrogen-bond donors (Lipinski definition) is 0. The maximum Gasteiger partial charge on any atom is 0.196 e. The zero-order valence-corrected chi connectivity index (χ0v) is 11.1. The molecular weight excluding hydrogens is 210 g/mol. The molecule has 0 fully saturated rings. The van der Waals surface area contributed by atoms with Crippen molar-refractivity contribution >= 4 is 5.96 Å². The van der Waals surface area contributed by atoms with Crippen molar-refractivity contribution in [2.45, 2.75) is 33.0 Å². The molecule has 0 saturated heterocycles. The van der Waals surface area contributed by atoms with Crippen LogP contribution in [0.3, 0.4) is 0 Å². The number of guanidine groups is 1. The lowest BCUT2D eigenvalue weighted by Crippen LogP contribution is -2.43. The van der Waals surface area contributed by atoms with Gasteiger partial charge in [-0.05, 0) is 25.0 Å². The van der Waals surface area contributed by atoms with Gasteiger partial charge >= 0.3 is 0 Å². The van der Waals surface area contributed by atoms with Gasteiger partial charge in [-0.15, -0.1) is 0 Å². The molecule has 0 aliphatic carbocycles. The monoisotopic (exact) mass is 231 g/mol. The summed E-state index contributed by atoms with van der Waals surface area (Å²) in [4.78, 5) is 9.19. The van der Waals surface area contributed by atoms with E-state index in [1.165, 1.54) is 11.1 Å². The number of aliphatic imine (C=N–C) groups is 1. The largest absolute Gasteiger partial charge is 0.349 e. The first kappa shape index (κ1) is 12.0. The summed E-state index contributed by atoms with van der Waals surface area (Å²) in [5, 5.41) is 0. The van der Waals surface area contributed by atoms with Crippen LogP contribution in [0.15, 0.2) is 29.3 Å². The summed E-state index contributed by atoms with van der Waals surface area (Å²) < 4.78 is 0. The lowest BCUT2D eigenvalue weighted by molar-refractivity contribution is 0.305. The average molecular weight is 231 g/mol. The minimum atomic E-state index is 0.460. The molecule has 1 aliphatic rings. The molecule has 1 aromatic rings. The van der Waals surface area contributed by atoms with Gasteiger partial charge in [0.05, 0.1) is 6.54 Å². The average Bonchev–Trinajstić information content (AvgIpc) is 2.47. The number of rotatable bonds is 1. The van der Waals surface area contributed by atoms with E-state index in [0.29, 0.717) is 6.04 Å². The number of benzene rings is 1. The first-order valence-corrected chi connectivity index (χ1v) is 6.15. The van der Waals surface area contributed by atoms with Gasteiger partial charge < -0.3 is 9.80 Å². The highest BCUT2D eigenvalue weighted by Gasteiger charge is 2.20. The third-order valence-electron chi connectivity index (χ3n) is 3.13. The summed E-state index contributed by atoms with van der Waals surface area (Å²) in [7, 11) is 4.12. The maximum atomic E-state index is 4.74. The molecule has 3 heteroatoms.